The van der Waals surface area contributed by atoms with Crippen LogP contribution in [0, 0.1) is 11.8 Å². The number of allylic oxidation sites excluding steroid dienone is 1. The molecular weight excluding hydrogens is 426 g/mol. The summed E-state index contributed by atoms with van der Waals surface area (Å²) in [5.41, 5.74) is 2.07. The van der Waals surface area contributed by atoms with E-state index >= 15 is 0 Å². The van der Waals surface area contributed by atoms with Crippen LogP contribution in [0.3, 0.4) is 0 Å². The molecule has 2 amide bonds. The first-order valence-electron chi connectivity index (χ1n) is 11.0. The normalized spacial score (nSPS) is 26.7. The molecular formula is C24H25N3O4S. The minimum Gasteiger partial charge on any atom is -0.454 e. The summed E-state index contributed by atoms with van der Waals surface area (Å²) >= 11 is 5.39. The van der Waals surface area contributed by atoms with Crippen LogP contribution in [-0.4, -0.2) is 40.4 Å². The van der Waals surface area contributed by atoms with Crippen molar-refractivity contribution in [3.63, 3.8) is 0 Å². The number of rotatable bonds is 4. The van der Waals surface area contributed by atoms with Crippen LogP contribution in [-0.2, 0) is 20.8 Å². The molecule has 1 aromatic rings. The Balaban J connectivity index is 1.25. The van der Waals surface area contributed by atoms with Gasteiger partial charge in [0.25, 0.3) is 5.91 Å². The van der Waals surface area contributed by atoms with Gasteiger partial charge >= 0.3 is 0 Å². The Morgan fingerprint density at radius 1 is 1.16 bits per heavy atom. The molecule has 1 N–H and O–H groups in total. The van der Waals surface area contributed by atoms with Gasteiger partial charge in [-0.15, -0.1) is 0 Å². The Kier molecular flexibility index (Phi) is 5.55. The second-order valence-electron chi connectivity index (χ2n) is 8.79. The first kappa shape index (κ1) is 20.9. The highest BCUT2D eigenvalue weighted by molar-refractivity contribution is 7.80. The molecule has 166 valence electrons. The molecule has 2 aliphatic heterocycles. The fraction of sp³-hybridized carbons (Fsp3) is 0.417. The van der Waals surface area contributed by atoms with Crippen molar-refractivity contribution in [2.24, 2.45) is 16.8 Å². The summed E-state index contributed by atoms with van der Waals surface area (Å²) in [6.45, 7) is 2.70. The number of nitrogens with one attached hydrogen (secondary N) is 1. The van der Waals surface area contributed by atoms with Crippen LogP contribution in [0.1, 0.15) is 48.5 Å². The van der Waals surface area contributed by atoms with Crippen LogP contribution in [0.15, 0.2) is 52.9 Å². The molecule has 1 saturated carbocycles. The summed E-state index contributed by atoms with van der Waals surface area (Å²) in [6.07, 6.45) is 7.84. The molecule has 2 aliphatic carbocycles. The van der Waals surface area contributed by atoms with Crippen LogP contribution in [0.5, 0.6) is 0 Å². The van der Waals surface area contributed by atoms with E-state index in [-0.39, 0.29) is 29.8 Å². The van der Waals surface area contributed by atoms with Gasteiger partial charge in [0.2, 0.25) is 17.8 Å². The molecule has 2 fully saturated rings. The number of nitrogens with zero attached hydrogens (tertiary/aromatic N) is 2. The number of hydrogen-bond acceptors (Lipinski definition) is 5. The lowest BCUT2D eigenvalue weighted by molar-refractivity contribution is -0.129. The number of carbonyl (C=O) groups excluding carboxylic acids is 2. The maximum atomic E-state index is 13.1. The Bertz CT molecular complexity index is 1050. The summed E-state index contributed by atoms with van der Waals surface area (Å²) in [7, 11) is 0. The van der Waals surface area contributed by atoms with Gasteiger partial charge in [0.05, 0.1) is 12.3 Å². The first-order valence-corrected chi connectivity index (χ1v) is 11.4. The van der Waals surface area contributed by atoms with E-state index < -0.39 is 5.92 Å². The van der Waals surface area contributed by atoms with Gasteiger partial charge in [0, 0.05) is 17.7 Å². The van der Waals surface area contributed by atoms with E-state index in [4.69, 9.17) is 21.7 Å². The van der Waals surface area contributed by atoms with Crippen molar-refractivity contribution in [3.8, 4) is 0 Å². The highest BCUT2D eigenvalue weighted by Crippen LogP contribution is 2.31. The van der Waals surface area contributed by atoms with Crippen molar-refractivity contribution in [2.75, 3.05) is 6.79 Å². The van der Waals surface area contributed by atoms with Crippen LogP contribution >= 0.6 is 12.2 Å². The quantitative estimate of drug-likeness (QED) is 0.709. The van der Waals surface area contributed by atoms with Gasteiger partial charge in [0.1, 0.15) is 5.92 Å². The van der Waals surface area contributed by atoms with Crippen molar-refractivity contribution in [1.29, 1.82) is 0 Å². The number of amides is 2. The third kappa shape index (κ3) is 4.07. The van der Waals surface area contributed by atoms with Gasteiger partial charge in [-0.25, -0.2) is 4.99 Å². The van der Waals surface area contributed by atoms with Gasteiger partial charge < -0.3 is 14.8 Å². The smallest absolute Gasteiger partial charge is 0.251 e. The molecule has 7 nitrogen and oxygen atoms in total. The van der Waals surface area contributed by atoms with Crippen LogP contribution in [0.2, 0.25) is 0 Å². The molecule has 32 heavy (non-hydrogen) atoms. The fourth-order valence-corrected chi connectivity index (χ4v) is 4.76. The number of thiocarbonyl (C=S) groups is 1. The van der Waals surface area contributed by atoms with E-state index in [2.05, 4.69) is 17.2 Å². The Morgan fingerprint density at radius 3 is 2.62 bits per heavy atom. The van der Waals surface area contributed by atoms with Crippen molar-refractivity contribution in [3.05, 3.63) is 59.1 Å². The van der Waals surface area contributed by atoms with E-state index in [1.807, 2.05) is 12.1 Å². The molecule has 0 aromatic heterocycles. The molecule has 8 heteroatoms. The van der Waals surface area contributed by atoms with Gasteiger partial charge in [-0.2, -0.15) is 0 Å². The predicted molar refractivity (Wildman–Crippen MR) is 123 cm³/mol. The van der Waals surface area contributed by atoms with Crippen LogP contribution in [0.4, 0.5) is 0 Å². The molecule has 1 unspecified atom stereocenters. The van der Waals surface area contributed by atoms with Gasteiger partial charge in [0.15, 0.2) is 11.5 Å². The van der Waals surface area contributed by atoms with Crippen molar-refractivity contribution in [2.45, 2.75) is 45.2 Å². The summed E-state index contributed by atoms with van der Waals surface area (Å²) in [4.78, 5) is 31.6. The van der Waals surface area contributed by atoms with Crippen LogP contribution < -0.4 is 5.32 Å². The number of hydrogen-bond donors (Lipinski definition) is 1. The monoisotopic (exact) mass is 451 g/mol. The largest absolute Gasteiger partial charge is 0.454 e. The van der Waals surface area contributed by atoms with Crippen molar-refractivity contribution in [1.82, 2.24) is 10.2 Å². The topological polar surface area (TPSA) is 80.2 Å². The summed E-state index contributed by atoms with van der Waals surface area (Å²) < 4.78 is 10.8. The van der Waals surface area contributed by atoms with Crippen molar-refractivity contribution < 1.29 is 19.1 Å². The van der Waals surface area contributed by atoms with E-state index in [0.717, 1.165) is 37.2 Å². The predicted octanol–water partition coefficient (Wildman–Crippen LogP) is 3.47. The minimum atomic E-state index is -0.537. The van der Waals surface area contributed by atoms with E-state index in [1.54, 1.807) is 24.3 Å². The third-order valence-electron chi connectivity index (χ3n) is 6.48. The third-order valence-corrected chi connectivity index (χ3v) is 6.79. The minimum absolute atomic E-state index is 0.0508. The molecule has 4 aliphatic rings. The maximum absolute atomic E-state index is 13.1. The summed E-state index contributed by atoms with van der Waals surface area (Å²) in [6, 6.07) is 7.56. The van der Waals surface area contributed by atoms with E-state index in [9.17, 15) is 9.59 Å². The van der Waals surface area contributed by atoms with Gasteiger partial charge in [-0.3, -0.25) is 14.5 Å². The molecule has 0 radical (unpaired) electrons. The lowest BCUT2D eigenvalue weighted by Crippen LogP contribution is -2.45. The number of carbonyl (C=O) groups is 2. The molecule has 1 saturated heterocycles. The zero-order valence-corrected chi connectivity index (χ0v) is 18.7. The van der Waals surface area contributed by atoms with Gasteiger partial charge in [-0.1, -0.05) is 19.1 Å². The standard InChI is InChI=1S/C24H25N3O4S/c1-14-2-8-17(9-3-14)25-22(28)16-6-4-15(5-7-16)12-27-23(29)18-10-20-21(31-13-30-20)11-19(18)26-24(27)32/h4-7,10-11,14,17-18H,2-3,8-9,12-13H2,1H3,(H,25,28). The second kappa shape index (κ2) is 8.50. The Morgan fingerprint density at radius 2 is 1.88 bits per heavy atom. The Labute approximate surface area is 192 Å². The van der Waals surface area contributed by atoms with Crippen molar-refractivity contribution >= 4 is 34.9 Å². The highest BCUT2D eigenvalue weighted by atomic mass is 32.1. The number of ether oxygens (including phenoxy) is 2. The highest BCUT2D eigenvalue weighted by Gasteiger charge is 2.38. The van der Waals surface area contributed by atoms with Gasteiger partial charge in [-0.05, 0) is 67.6 Å². The molecule has 1 aromatic carbocycles. The summed E-state index contributed by atoms with van der Waals surface area (Å²) in [5.74, 6) is 1.16. The van der Waals surface area contributed by atoms with Crippen LogP contribution in [0.25, 0.3) is 0 Å². The molecule has 1 atom stereocenters. The summed E-state index contributed by atoms with van der Waals surface area (Å²) in [5, 5.41) is 3.37. The number of benzene rings is 1. The average Bonchev–Trinajstić information content (AvgIpc) is 3.25. The molecule has 0 bridgehead atoms. The number of fused-ring (bicyclic) bond motifs is 2. The lowest BCUT2D eigenvalue weighted by Gasteiger charge is -2.30. The molecule has 0 spiro atoms. The van der Waals surface area contributed by atoms with E-state index in [0.29, 0.717) is 29.3 Å². The molecule has 2 heterocycles. The number of aliphatic imine (C=N–C) groups is 1. The lowest BCUT2D eigenvalue weighted by atomic mass is 9.87. The first-order chi connectivity index (χ1) is 15.5. The zero-order chi connectivity index (χ0) is 22.2. The zero-order valence-electron chi connectivity index (χ0n) is 17.9. The average molecular weight is 452 g/mol. The second-order valence-corrected chi connectivity index (χ2v) is 9.16. The SMILES string of the molecule is CC1CCC(NC(=O)c2ccc(CN3C(=O)C4C=C5OCOC5=CC4=NC3=S)cc2)CC1. The Hall–Kier alpha value is -3.00. The maximum Gasteiger partial charge on any atom is 0.251 e. The molecule has 5 rings (SSSR count). The van der Waals surface area contributed by atoms with E-state index in [1.165, 1.54) is 4.90 Å². The fourth-order valence-electron chi connectivity index (χ4n) is 4.50.